The summed E-state index contributed by atoms with van der Waals surface area (Å²) in [5.74, 6) is -0.507. The minimum Gasteiger partial charge on any atom is -0.375 e. The zero-order chi connectivity index (χ0) is 16.0. The highest BCUT2D eigenvalue weighted by Crippen LogP contribution is 2.26. The Morgan fingerprint density at radius 1 is 1.38 bits per heavy atom. The number of ether oxygens (including phenoxy) is 1. The van der Waals surface area contributed by atoms with Crippen LogP contribution in [0.2, 0.25) is 5.02 Å². The fraction of sp³-hybridized carbons (Fsp3) is 0.364. The van der Waals surface area contributed by atoms with Crippen LogP contribution in [-0.2, 0) is 18.6 Å². The van der Waals surface area contributed by atoms with Crippen LogP contribution in [0.15, 0.2) is 23.1 Å². The Hall–Kier alpha value is -0.960. The van der Waals surface area contributed by atoms with Gasteiger partial charge in [-0.2, -0.15) is 0 Å². The lowest BCUT2D eigenvalue weighted by Gasteiger charge is -2.08. The molecule has 0 heterocycles. The van der Waals surface area contributed by atoms with Gasteiger partial charge < -0.3 is 10.1 Å². The molecule has 0 aliphatic heterocycles. The normalized spacial score (nSPS) is 11.7. The number of carbonyl (C=O) groups is 1. The van der Waals surface area contributed by atoms with E-state index in [1.165, 1.54) is 12.1 Å². The van der Waals surface area contributed by atoms with Crippen LogP contribution in [0.1, 0.15) is 6.42 Å². The number of halogens is 4. The summed E-state index contributed by atoms with van der Waals surface area (Å²) >= 11 is 5.81. The number of amides is 1. The SMILES string of the molecule is O=C(CCOCC(F)F)Nc1ccc(S(=O)(=O)Cl)cc1Cl. The van der Waals surface area contributed by atoms with E-state index in [-0.39, 0.29) is 28.6 Å². The van der Waals surface area contributed by atoms with Crippen molar-refractivity contribution in [1.29, 1.82) is 0 Å². The molecule has 0 atom stereocenters. The van der Waals surface area contributed by atoms with Crippen LogP contribution in [0.3, 0.4) is 0 Å². The van der Waals surface area contributed by atoms with Crippen LogP contribution in [0.4, 0.5) is 14.5 Å². The summed E-state index contributed by atoms with van der Waals surface area (Å²) in [5.41, 5.74) is 0.180. The number of carbonyl (C=O) groups excluding carboxylic acids is 1. The van der Waals surface area contributed by atoms with Crippen LogP contribution in [-0.4, -0.2) is 34.0 Å². The smallest absolute Gasteiger partial charge is 0.261 e. The summed E-state index contributed by atoms with van der Waals surface area (Å²) in [4.78, 5) is 11.3. The molecule has 21 heavy (non-hydrogen) atoms. The Morgan fingerprint density at radius 3 is 2.57 bits per heavy atom. The summed E-state index contributed by atoms with van der Waals surface area (Å²) < 4.78 is 50.3. The third-order valence-electron chi connectivity index (χ3n) is 2.21. The Labute approximate surface area is 129 Å². The van der Waals surface area contributed by atoms with Crippen molar-refractivity contribution in [2.45, 2.75) is 17.7 Å². The molecule has 1 N–H and O–H groups in total. The minimum atomic E-state index is -3.91. The van der Waals surface area contributed by atoms with E-state index in [0.717, 1.165) is 6.07 Å². The number of hydrogen-bond donors (Lipinski definition) is 1. The number of hydrogen-bond acceptors (Lipinski definition) is 4. The van der Waals surface area contributed by atoms with Crippen molar-refractivity contribution in [2.75, 3.05) is 18.5 Å². The fourth-order valence-electron chi connectivity index (χ4n) is 1.30. The Bertz CT molecular complexity index is 610. The highest BCUT2D eigenvalue weighted by molar-refractivity contribution is 8.13. The molecule has 1 aromatic carbocycles. The second kappa shape index (κ2) is 7.88. The molecule has 0 bridgehead atoms. The second-order valence-electron chi connectivity index (χ2n) is 3.84. The van der Waals surface area contributed by atoms with E-state index in [2.05, 4.69) is 10.1 Å². The standard InChI is InChI=1S/C11H11Cl2F2NO4S/c12-8-5-7(21(13,18)19)1-2-9(8)16-11(17)3-4-20-6-10(14)15/h1-2,5,10H,3-4,6H2,(H,16,17). The maximum Gasteiger partial charge on any atom is 0.261 e. The molecule has 0 fully saturated rings. The first-order chi connectivity index (χ1) is 9.70. The predicted molar refractivity (Wildman–Crippen MR) is 74.6 cm³/mol. The lowest BCUT2D eigenvalue weighted by Crippen LogP contribution is -2.16. The van der Waals surface area contributed by atoms with Gasteiger partial charge >= 0.3 is 0 Å². The van der Waals surface area contributed by atoms with E-state index < -0.39 is 28.0 Å². The topological polar surface area (TPSA) is 72.5 Å². The van der Waals surface area contributed by atoms with Gasteiger partial charge in [-0.1, -0.05) is 11.6 Å². The number of benzene rings is 1. The monoisotopic (exact) mass is 361 g/mol. The zero-order valence-corrected chi connectivity index (χ0v) is 12.8. The van der Waals surface area contributed by atoms with E-state index in [1.807, 2.05) is 0 Å². The summed E-state index contributed by atoms with van der Waals surface area (Å²) in [6, 6.07) is 3.54. The van der Waals surface area contributed by atoms with Gasteiger partial charge in [-0.25, -0.2) is 17.2 Å². The van der Waals surface area contributed by atoms with E-state index in [9.17, 15) is 22.0 Å². The van der Waals surface area contributed by atoms with E-state index in [4.69, 9.17) is 22.3 Å². The van der Waals surface area contributed by atoms with Gasteiger partial charge in [0.05, 0.1) is 28.6 Å². The van der Waals surface area contributed by atoms with Crippen LogP contribution in [0, 0.1) is 0 Å². The first kappa shape index (κ1) is 18.1. The van der Waals surface area contributed by atoms with Gasteiger partial charge in [-0.3, -0.25) is 4.79 Å². The van der Waals surface area contributed by atoms with E-state index in [1.54, 1.807) is 0 Å². The molecule has 0 aliphatic carbocycles. The van der Waals surface area contributed by atoms with Gasteiger partial charge in [-0.15, -0.1) is 0 Å². The van der Waals surface area contributed by atoms with Crippen molar-refractivity contribution >= 4 is 42.9 Å². The molecule has 0 saturated carbocycles. The van der Waals surface area contributed by atoms with Gasteiger partial charge in [-0.05, 0) is 18.2 Å². The first-order valence-corrected chi connectivity index (χ1v) is 8.29. The molecule has 0 spiro atoms. The Balaban J connectivity index is 2.57. The molecular weight excluding hydrogens is 351 g/mol. The molecule has 0 radical (unpaired) electrons. The average Bonchev–Trinajstić information content (AvgIpc) is 2.35. The van der Waals surface area contributed by atoms with Gasteiger partial charge in [0.15, 0.2) is 0 Å². The van der Waals surface area contributed by atoms with Crippen LogP contribution in [0.5, 0.6) is 0 Å². The average molecular weight is 362 g/mol. The molecule has 0 aromatic heterocycles. The van der Waals surface area contributed by atoms with Crippen LogP contribution in [0.25, 0.3) is 0 Å². The summed E-state index contributed by atoms with van der Waals surface area (Å²) in [6.45, 7) is -0.905. The molecule has 1 aromatic rings. The molecule has 5 nitrogen and oxygen atoms in total. The largest absolute Gasteiger partial charge is 0.375 e. The molecular formula is C11H11Cl2F2NO4S. The summed E-state index contributed by atoms with van der Waals surface area (Å²) in [6.07, 6.45) is -2.73. The van der Waals surface area contributed by atoms with Crippen molar-refractivity contribution in [1.82, 2.24) is 0 Å². The molecule has 0 aliphatic rings. The Kier molecular flexibility index (Phi) is 6.79. The fourth-order valence-corrected chi connectivity index (χ4v) is 2.37. The number of rotatable bonds is 7. The van der Waals surface area contributed by atoms with E-state index >= 15 is 0 Å². The lowest BCUT2D eigenvalue weighted by atomic mass is 10.3. The third kappa shape index (κ3) is 6.56. The molecule has 1 amide bonds. The van der Waals surface area contributed by atoms with Crippen LogP contribution < -0.4 is 5.32 Å². The maximum atomic E-state index is 11.8. The second-order valence-corrected chi connectivity index (χ2v) is 6.82. The molecule has 0 unspecified atom stereocenters. The van der Waals surface area contributed by atoms with Gasteiger partial charge in [0.2, 0.25) is 5.91 Å². The van der Waals surface area contributed by atoms with Crippen molar-refractivity contribution in [3.05, 3.63) is 23.2 Å². The minimum absolute atomic E-state index is 0.0152. The lowest BCUT2D eigenvalue weighted by molar-refractivity contribution is -0.117. The third-order valence-corrected chi connectivity index (χ3v) is 3.88. The zero-order valence-electron chi connectivity index (χ0n) is 10.5. The maximum absolute atomic E-state index is 11.8. The number of nitrogens with one attached hydrogen (secondary N) is 1. The summed E-state index contributed by atoms with van der Waals surface area (Å²) in [7, 11) is 1.23. The molecule has 118 valence electrons. The van der Waals surface area contributed by atoms with Crippen molar-refractivity contribution in [2.24, 2.45) is 0 Å². The van der Waals surface area contributed by atoms with Crippen molar-refractivity contribution in [3.8, 4) is 0 Å². The highest BCUT2D eigenvalue weighted by Gasteiger charge is 2.13. The van der Waals surface area contributed by atoms with Crippen molar-refractivity contribution < 1.29 is 26.7 Å². The number of anilines is 1. The van der Waals surface area contributed by atoms with Gasteiger partial charge in [0, 0.05) is 10.7 Å². The van der Waals surface area contributed by atoms with Crippen molar-refractivity contribution in [3.63, 3.8) is 0 Å². The van der Waals surface area contributed by atoms with E-state index in [0.29, 0.717) is 0 Å². The summed E-state index contributed by atoms with van der Waals surface area (Å²) in [5, 5.41) is 2.39. The first-order valence-electron chi connectivity index (χ1n) is 5.60. The predicted octanol–water partition coefficient (Wildman–Crippen LogP) is 2.88. The molecule has 1 rings (SSSR count). The van der Waals surface area contributed by atoms with Gasteiger partial charge in [0.1, 0.15) is 6.61 Å². The quantitative estimate of drug-likeness (QED) is 0.598. The number of alkyl halides is 2. The highest BCUT2D eigenvalue weighted by atomic mass is 35.7. The Morgan fingerprint density at radius 2 is 2.05 bits per heavy atom. The molecule has 10 heteroatoms. The van der Waals surface area contributed by atoms with Gasteiger partial charge in [0.25, 0.3) is 15.5 Å². The van der Waals surface area contributed by atoms with Crippen LogP contribution >= 0.6 is 22.3 Å². The molecule has 0 saturated heterocycles.